The van der Waals surface area contributed by atoms with E-state index in [1.54, 1.807) is 27.6 Å². The second-order valence-electron chi connectivity index (χ2n) is 7.72. The molecule has 0 aliphatic heterocycles. The molecular weight excluding hydrogens is 352 g/mol. The molecule has 0 aliphatic rings. The van der Waals surface area contributed by atoms with Crippen LogP contribution in [0.15, 0.2) is 12.3 Å². The quantitative estimate of drug-likeness (QED) is 0.116. The smallest absolute Gasteiger partial charge is 0.285 e. The maximum Gasteiger partial charge on any atom is 0.285 e. The molecule has 0 aromatic carbocycles. The van der Waals surface area contributed by atoms with Gasteiger partial charge in [-0.15, -0.1) is 0 Å². The first kappa shape index (κ1) is 27.4. The van der Waals surface area contributed by atoms with Gasteiger partial charge in [-0.2, -0.15) is 0 Å². The lowest BCUT2D eigenvalue weighted by atomic mass is 9.91. The molecule has 0 aromatic heterocycles. The summed E-state index contributed by atoms with van der Waals surface area (Å²) in [6, 6.07) is 0. The van der Waals surface area contributed by atoms with Gasteiger partial charge in [-0.3, -0.25) is 0 Å². The molecule has 0 saturated carbocycles. The van der Waals surface area contributed by atoms with Gasteiger partial charge in [-0.1, -0.05) is 83.6 Å². The van der Waals surface area contributed by atoms with Crippen molar-refractivity contribution in [3.8, 4) is 0 Å². The van der Waals surface area contributed by atoms with E-state index < -0.39 is 5.97 Å². The average molecular weight is 401 g/mol. The second-order valence-corrected chi connectivity index (χ2v) is 7.72. The first-order chi connectivity index (χ1) is 13.7. The molecule has 4 heteroatoms. The van der Waals surface area contributed by atoms with Crippen molar-refractivity contribution in [3.63, 3.8) is 0 Å². The van der Waals surface area contributed by atoms with Crippen LogP contribution in [0.5, 0.6) is 0 Å². The molecule has 0 aromatic rings. The van der Waals surface area contributed by atoms with Crippen LogP contribution in [0.3, 0.4) is 0 Å². The van der Waals surface area contributed by atoms with Crippen molar-refractivity contribution >= 4 is 0 Å². The molecule has 4 nitrogen and oxygen atoms in total. The Morgan fingerprint density at radius 1 is 0.679 bits per heavy atom. The highest BCUT2D eigenvalue weighted by molar-refractivity contribution is 4.72. The zero-order chi connectivity index (χ0) is 20.9. The third-order valence-corrected chi connectivity index (χ3v) is 5.56. The Morgan fingerprint density at radius 3 is 1.61 bits per heavy atom. The Hall–Kier alpha value is -0.580. The van der Waals surface area contributed by atoms with E-state index in [2.05, 4.69) is 6.92 Å². The zero-order valence-corrected chi connectivity index (χ0v) is 19.5. The van der Waals surface area contributed by atoms with Crippen LogP contribution in [0.2, 0.25) is 0 Å². The molecule has 1 atom stereocenters. The summed E-state index contributed by atoms with van der Waals surface area (Å²) in [5.74, 6) is -0.610. The molecule has 28 heavy (non-hydrogen) atoms. The van der Waals surface area contributed by atoms with Crippen molar-refractivity contribution < 1.29 is 18.9 Å². The SMILES string of the molecule is CC=COCCCCCCCCC(CCCCCCCC)C(OC)(OC)OC. The predicted octanol–water partition coefficient (Wildman–Crippen LogP) is 7.23. The van der Waals surface area contributed by atoms with Crippen molar-refractivity contribution in [1.82, 2.24) is 0 Å². The summed E-state index contributed by atoms with van der Waals surface area (Å²) in [6.45, 7) is 5.07. The van der Waals surface area contributed by atoms with Crippen LogP contribution in [0.25, 0.3) is 0 Å². The van der Waals surface area contributed by atoms with Gasteiger partial charge in [0.1, 0.15) is 0 Å². The van der Waals surface area contributed by atoms with Gasteiger partial charge in [-0.05, 0) is 26.2 Å². The maximum absolute atomic E-state index is 5.67. The lowest BCUT2D eigenvalue weighted by Crippen LogP contribution is -2.44. The third kappa shape index (κ3) is 12.8. The fraction of sp³-hybridized carbons (Fsp3) is 0.917. The minimum Gasteiger partial charge on any atom is -0.502 e. The van der Waals surface area contributed by atoms with Crippen molar-refractivity contribution in [2.24, 2.45) is 5.92 Å². The molecule has 0 saturated heterocycles. The van der Waals surface area contributed by atoms with Crippen LogP contribution in [-0.2, 0) is 18.9 Å². The van der Waals surface area contributed by atoms with Crippen LogP contribution in [0, 0.1) is 5.92 Å². The normalized spacial score (nSPS) is 13.3. The zero-order valence-electron chi connectivity index (χ0n) is 19.5. The molecule has 0 amide bonds. The minimum atomic E-state index is -0.895. The van der Waals surface area contributed by atoms with Gasteiger partial charge in [0.05, 0.1) is 12.9 Å². The Balaban J connectivity index is 4.13. The maximum atomic E-state index is 5.67. The van der Waals surface area contributed by atoms with Crippen LogP contribution in [-0.4, -0.2) is 33.9 Å². The molecule has 0 fully saturated rings. The Kier molecular flexibility index (Phi) is 19.3. The van der Waals surface area contributed by atoms with Crippen molar-refractivity contribution in [2.45, 2.75) is 110 Å². The topological polar surface area (TPSA) is 36.9 Å². The van der Waals surface area contributed by atoms with Crippen LogP contribution < -0.4 is 0 Å². The minimum absolute atomic E-state index is 0.285. The number of hydrogen-bond donors (Lipinski definition) is 0. The summed E-state index contributed by atoms with van der Waals surface area (Å²) in [7, 11) is 5.07. The molecule has 0 radical (unpaired) electrons. The van der Waals surface area contributed by atoms with Crippen LogP contribution >= 0.6 is 0 Å². The van der Waals surface area contributed by atoms with Crippen molar-refractivity contribution in [1.29, 1.82) is 0 Å². The molecule has 0 spiro atoms. The van der Waals surface area contributed by atoms with Crippen molar-refractivity contribution in [3.05, 3.63) is 12.3 Å². The summed E-state index contributed by atoms with van der Waals surface area (Å²) in [4.78, 5) is 0. The Labute approximate surface area is 175 Å². The highest BCUT2D eigenvalue weighted by Crippen LogP contribution is 2.33. The third-order valence-electron chi connectivity index (χ3n) is 5.56. The summed E-state index contributed by atoms with van der Waals surface area (Å²) in [5.41, 5.74) is 0. The van der Waals surface area contributed by atoms with E-state index in [9.17, 15) is 0 Å². The molecule has 0 heterocycles. The lowest BCUT2D eigenvalue weighted by molar-refractivity contribution is -0.380. The predicted molar refractivity (Wildman–Crippen MR) is 118 cm³/mol. The number of hydrogen-bond acceptors (Lipinski definition) is 4. The highest BCUT2D eigenvalue weighted by Gasteiger charge is 2.39. The first-order valence-corrected chi connectivity index (χ1v) is 11.6. The van der Waals surface area contributed by atoms with Gasteiger partial charge in [0.15, 0.2) is 0 Å². The first-order valence-electron chi connectivity index (χ1n) is 11.6. The average Bonchev–Trinajstić information content (AvgIpc) is 2.72. The largest absolute Gasteiger partial charge is 0.502 e. The molecular formula is C24H48O4. The van der Waals surface area contributed by atoms with E-state index in [0.717, 1.165) is 25.9 Å². The van der Waals surface area contributed by atoms with Gasteiger partial charge in [0.2, 0.25) is 0 Å². The molecule has 1 unspecified atom stereocenters. The summed E-state index contributed by atoms with van der Waals surface area (Å²) in [5, 5.41) is 0. The van der Waals surface area contributed by atoms with Gasteiger partial charge in [-0.25, -0.2) is 0 Å². The van der Waals surface area contributed by atoms with E-state index in [1.807, 2.05) is 13.0 Å². The highest BCUT2D eigenvalue weighted by atomic mass is 16.9. The summed E-state index contributed by atoms with van der Waals surface area (Å²) >= 11 is 0. The number of unbranched alkanes of at least 4 members (excludes halogenated alkanes) is 10. The van der Waals surface area contributed by atoms with Gasteiger partial charge >= 0.3 is 0 Å². The van der Waals surface area contributed by atoms with Gasteiger partial charge in [0.25, 0.3) is 5.97 Å². The Bertz CT molecular complexity index is 331. The summed E-state index contributed by atoms with van der Waals surface area (Å²) in [6.07, 6.45) is 21.2. The fourth-order valence-electron chi connectivity index (χ4n) is 3.87. The lowest BCUT2D eigenvalue weighted by Gasteiger charge is -2.36. The fourth-order valence-corrected chi connectivity index (χ4v) is 3.87. The molecule has 0 aliphatic carbocycles. The number of rotatable bonds is 21. The van der Waals surface area contributed by atoms with E-state index >= 15 is 0 Å². The van der Waals surface area contributed by atoms with E-state index in [4.69, 9.17) is 18.9 Å². The number of ether oxygens (including phenoxy) is 4. The molecule has 0 rings (SSSR count). The molecule has 0 N–H and O–H groups in total. The molecule has 168 valence electrons. The number of allylic oxidation sites excluding steroid dienone is 1. The standard InChI is InChI=1S/C24H48O4/c1-6-8-9-10-13-16-19-23(24(25-3,26-4)27-5)20-17-14-11-12-15-18-22-28-21-7-2/h7,21,23H,6,8-20,22H2,1-5H3. The molecule has 0 bridgehead atoms. The van der Waals surface area contributed by atoms with E-state index in [-0.39, 0.29) is 5.92 Å². The number of methoxy groups -OCH3 is 3. The van der Waals surface area contributed by atoms with Crippen LogP contribution in [0.1, 0.15) is 104 Å². The van der Waals surface area contributed by atoms with E-state index in [0.29, 0.717) is 0 Å². The van der Waals surface area contributed by atoms with Crippen LogP contribution in [0.4, 0.5) is 0 Å². The van der Waals surface area contributed by atoms with E-state index in [1.165, 1.54) is 70.6 Å². The summed E-state index contributed by atoms with van der Waals surface area (Å²) < 4.78 is 22.4. The monoisotopic (exact) mass is 400 g/mol. The van der Waals surface area contributed by atoms with Gasteiger partial charge in [0, 0.05) is 27.2 Å². The second kappa shape index (κ2) is 19.7. The van der Waals surface area contributed by atoms with Crippen molar-refractivity contribution in [2.75, 3.05) is 27.9 Å². The Morgan fingerprint density at radius 2 is 1.14 bits per heavy atom. The van der Waals surface area contributed by atoms with Gasteiger partial charge < -0.3 is 18.9 Å².